The van der Waals surface area contributed by atoms with E-state index in [-0.39, 0.29) is 0 Å². The minimum Gasteiger partial charge on any atom is -0.310 e. The van der Waals surface area contributed by atoms with Gasteiger partial charge in [0.15, 0.2) is 0 Å². The molecule has 70 heavy (non-hydrogen) atoms. The Balaban J connectivity index is 0.993. The first kappa shape index (κ1) is 39.9. The molecule has 0 saturated carbocycles. The molecule has 3 heteroatoms. The topological polar surface area (TPSA) is 11.4 Å². The van der Waals surface area contributed by atoms with Gasteiger partial charge in [-0.25, -0.2) is 0 Å². The highest BCUT2D eigenvalue weighted by atomic mass is 15.2. The second kappa shape index (κ2) is 16.0. The van der Waals surface area contributed by atoms with E-state index in [0.717, 1.165) is 39.8 Å². The van der Waals surface area contributed by atoms with Gasteiger partial charge in [0, 0.05) is 50.5 Å². The number of fused-ring (bicyclic) bond motifs is 13. The summed E-state index contributed by atoms with van der Waals surface area (Å²) < 4.78 is 2.41. The molecule has 0 saturated heterocycles. The van der Waals surface area contributed by atoms with E-state index >= 15 is 0 Å². The first-order valence-electron chi connectivity index (χ1n) is 24.2. The van der Waals surface area contributed by atoms with Crippen LogP contribution in [-0.2, 0) is 5.41 Å². The molecular formula is C67H45N3. The van der Waals surface area contributed by atoms with Crippen molar-refractivity contribution in [3.05, 3.63) is 295 Å². The molecule has 2 aliphatic rings. The van der Waals surface area contributed by atoms with Crippen LogP contribution < -0.4 is 9.80 Å². The molecule has 0 bridgehead atoms. The average Bonchev–Trinajstić information content (AvgIpc) is 4.04. The monoisotopic (exact) mass is 891 g/mol. The number of rotatable bonds is 8. The van der Waals surface area contributed by atoms with Crippen molar-refractivity contribution in [2.24, 2.45) is 0 Å². The van der Waals surface area contributed by atoms with E-state index in [9.17, 15) is 0 Å². The first-order valence-corrected chi connectivity index (χ1v) is 24.2. The Labute approximate surface area is 408 Å². The maximum Gasteiger partial charge on any atom is 0.0746 e. The summed E-state index contributed by atoms with van der Waals surface area (Å²) in [5, 5.41) is 2.47. The van der Waals surface area contributed by atoms with Crippen molar-refractivity contribution < 1.29 is 0 Å². The number of hydrogen-bond acceptors (Lipinski definition) is 2. The summed E-state index contributed by atoms with van der Waals surface area (Å²) in [5.74, 6) is 0. The molecule has 1 spiro atoms. The fraction of sp³-hybridized carbons (Fsp3) is 0.0149. The molecule has 3 nitrogen and oxygen atoms in total. The van der Waals surface area contributed by atoms with Crippen LogP contribution in [0.5, 0.6) is 0 Å². The van der Waals surface area contributed by atoms with Crippen molar-refractivity contribution in [2.75, 3.05) is 9.80 Å². The maximum atomic E-state index is 2.47. The van der Waals surface area contributed by atoms with Crippen molar-refractivity contribution in [2.45, 2.75) is 5.41 Å². The standard InChI is InChI=1S/C67H45N3/c1-5-20-46(21-6-1)47-36-38-51(39-37-47)69(49-24-9-3-10-25-49)64-35-19-31-58-54-28-13-16-32-60(54)67(66(58)64)61-33-17-14-29-55(61)59-44-52(41-43-62(59)67)68(48-22-7-2-8-23-48)53-40-42-57-56-30-15-18-34-63(56)70(65(57)45-53)50-26-11-4-12-27-50/h1-45H. The van der Waals surface area contributed by atoms with Crippen LogP contribution in [0.2, 0.25) is 0 Å². The summed E-state index contributed by atoms with van der Waals surface area (Å²) in [7, 11) is 0. The van der Waals surface area contributed by atoms with Crippen molar-refractivity contribution in [3.63, 3.8) is 0 Å². The van der Waals surface area contributed by atoms with Crippen LogP contribution in [0, 0.1) is 0 Å². The van der Waals surface area contributed by atoms with E-state index in [2.05, 4.69) is 287 Å². The summed E-state index contributed by atoms with van der Waals surface area (Å²) in [5.41, 5.74) is 22.2. The molecule has 1 heterocycles. The van der Waals surface area contributed by atoms with E-state index in [1.165, 1.54) is 77.4 Å². The van der Waals surface area contributed by atoms with E-state index in [1.54, 1.807) is 0 Å². The van der Waals surface area contributed by atoms with Crippen LogP contribution in [0.4, 0.5) is 34.1 Å². The Morgan fingerprint density at radius 2 is 0.771 bits per heavy atom. The smallest absolute Gasteiger partial charge is 0.0746 e. The zero-order valence-corrected chi connectivity index (χ0v) is 38.3. The highest BCUT2D eigenvalue weighted by Gasteiger charge is 2.53. The van der Waals surface area contributed by atoms with Crippen molar-refractivity contribution in [1.29, 1.82) is 0 Å². The highest BCUT2D eigenvalue weighted by Crippen LogP contribution is 2.66. The SMILES string of the molecule is c1ccc(-c2ccc(N(c3ccccc3)c3cccc4c3C3(c5ccccc5-c5cc(N(c6ccccc6)c6ccc7c8ccccc8n(-c8ccccc8)c7c6)ccc53)c3ccccc3-4)cc2)cc1. The quantitative estimate of drug-likeness (QED) is 0.151. The predicted molar refractivity (Wildman–Crippen MR) is 292 cm³/mol. The van der Waals surface area contributed by atoms with Gasteiger partial charge >= 0.3 is 0 Å². The summed E-state index contributed by atoms with van der Waals surface area (Å²) in [6.07, 6.45) is 0. The largest absolute Gasteiger partial charge is 0.310 e. The Morgan fingerprint density at radius 1 is 0.286 bits per heavy atom. The van der Waals surface area contributed by atoms with Crippen LogP contribution in [0.3, 0.4) is 0 Å². The van der Waals surface area contributed by atoms with Crippen molar-refractivity contribution in [3.8, 4) is 39.1 Å². The summed E-state index contributed by atoms with van der Waals surface area (Å²) >= 11 is 0. The van der Waals surface area contributed by atoms with Gasteiger partial charge in [-0.3, -0.25) is 0 Å². The molecule has 0 amide bonds. The molecule has 11 aromatic carbocycles. The number of anilines is 6. The van der Waals surface area contributed by atoms with Gasteiger partial charge in [-0.1, -0.05) is 188 Å². The fourth-order valence-corrected chi connectivity index (χ4v) is 11.9. The van der Waals surface area contributed by atoms with E-state index in [4.69, 9.17) is 0 Å². The molecule has 14 rings (SSSR count). The average molecular weight is 892 g/mol. The van der Waals surface area contributed by atoms with Crippen molar-refractivity contribution >= 4 is 55.9 Å². The van der Waals surface area contributed by atoms with E-state index in [1.807, 2.05) is 0 Å². The zero-order valence-electron chi connectivity index (χ0n) is 38.3. The normalized spacial score (nSPS) is 14.1. The highest BCUT2D eigenvalue weighted by molar-refractivity contribution is 6.10. The Hall–Kier alpha value is -9.18. The lowest BCUT2D eigenvalue weighted by molar-refractivity contribution is 0.793. The van der Waals surface area contributed by atoms with Crippen LogP contribution in [0.1, 0.15) is 22.3 Å². The third-order valence-electron chi connectivity index (χ3n) is 14.8. The number of para-hydroxylation sites is 4. The summed E-state index contributed by atoms with van der Waals surface area (Å²) in [4.78, 5) is 4.90. The maximum absolute atomic E-state index is 2.47. The lowest BCUT2D eigenvalue weighted by Gasteiger charge is -2.36. The Morgan fingerprint density at radius 3 is 1.49 bits per heavy atom. The summed E-state index contributed by atoms with van der Waals surface area (Å²) in [6.45, 7) is 0. The van der Waals surface area contributed by atoms with Crippen LogP contribution in [-0.4, -0.2) is 4.57 Å². The molecule has 1 aromatic heterocycles. The molecule has 0 aliphatic heterocycles. The van der Waals surface area contributed by atoms with Crippen LogP contribution in [0.25, 0.3) is 60.9 Å². The molecule has 2 aliphatic carbocycles. The first-order chi connectivity index (χ1) is 34.8. The minimum atomic E-state index is -0.600. The van der Waals surface area contributed by atoms with Gasteiger partial charge in [-0.15, -0.1) is 0 Å². The Kier molecular flexibility index (Phi) is 9.11. The molecule has 12 aromatic rings. The number of nitrogens with zero attached hydrogens (tertiary/aromatic N) is 3. The van der Waals surface area contributed by atoms with Gasteiger partial charge in [-0.2, -0.15) is 0 Å². The van der Waals surface area contributed by atoms with E-state index in [0.29, 0.717) is 0 Å². The lowest BCUT2D eigenvalue weighted by atomic mass is 9.70. The zero-order chi connectivity index (χ0) is 46.2. The molecule has 328 valence electrons. The number of benzene rings is 11. The lowest BCUT2D eigenvalue weighted by Crippen LogP contribution is -2.28. The summed E-state index contributed by atoms with van der Waals surface area (Å²) in [6, 6.07) is 100. The van der Waals surface area contributed by atoms with Gasteiger partial charge in [0.1, 0.15) is 0 Å². The van der Waals surface area contributed by atoms with Gasteiger partial charge < -0.3 is 14.4 Å². The van der Waals surface area contributed by atoms with Crippen LogP contribution in [0.15, 0.2) is 273 Å². The predicted octanol–water partition coefficient (Wildman–Crippen LogP) is 17.7. The molecule has 1 unspecified atom stereocenters. The number of hydrogen-bond donors (Lipinski definition) is 0. The Bertz CT molecular complexity index is 3930. The molecule has 0 radical (unpaired) electrons. The molecular weight excluding hydrogens is 847 g/mol. The van der Waals surface area contributed by atoms with Crippen LogP contribution >= 0.6 is 0 Å². The molecule has 0 N–H and O–H groups in total. The third kappa shape index (κ3) is 5.95. The second-order valence-corrected chi connectivity index (χ2v) is 18.4. The van der Waals surface area contributed by atoms with E-state index < -0.39 is 5.41 Å². The second-order valence-electron chi connectivity index (χ2n) is 18.4. The van der Waals surface area contributed by atoms with Crippen molar-refractivity contribution in [1.82, 2.24) is 4.57 Å². The minimum absolute atomic E-state index is 0.600. The van der Waals surface area contributed by atoms with Gasteiger partial charge in [0.25, 0.3) is 0 Å². The molecule has 0 fully saturated rings. The fourth-order valence-electron chi connectivity index (χ4n) is 11.9. The van der Waals surface area contributed by atoms with Gasteiger partial charge in [-0.05, 0) is 135 Å². The number of aromatic nitrogens is 1. The van der Waals surface area contributed by atoms with Gasteiger partial charge in [0.05, 0.1) is 22.1 Å². The van der Waals surface area contributed by atoms with Gasteiger partial charge in [0.2, 0.25) is 0 Å². The third-order valence-corrected chi connectivity index (χ3v) is 14.8. The molecule has 1 atom stereocenters.